The molecular weight excluding hydrogens is 352 g/mol. The summed E-state index contributed by atoms with van der Waals surface area (Å²) in [5, 5.41) is 0.372. The summed E-state index contributed by atoms with van der Waals surface area (Å²) in [4.78, 5) is 14.5. The average molecular weight is 375 g/mol. The largest absolute Gasteiger partial charge is 0.495 e. The van der Waals surface area contributed by atoms with E-state index in [-0.39, 0.29) is 11.6 Å². The molecule has 134 valence electrons. The molecule has 24 heavy (non-hydrogen) atoms. The highest BCUT2D eigenvalue weighted by atomic mass is 35.5. The number of ether oxygens (including phenoxy) is 1. The standard InChI is InChI=1S/C16H23ClN2O4S/c1-12(16(20)18-9-5-4-6-10-18)19(24(3,21)22)14-11-13(17)7-8-15(14)23-2/h7-8,11-12H,4-6,9-10H2,1-3H3/t12-/m0/s1. The SMILES string of the molecule is COc1ccc(Cl)cc1N([C@@H](C)C(=O)N1CCCCC1)S(C)(=O)=O. The Labute approximate surface area is 148 Å². The van der Waals surface area contributed by atoms with Crippen LogP contribution in [0.3, 0.4) is 0 Å². The van der Waals surface area contributed by atoms with Crippen LogP contribution in [0.5, 0.6) is 5.75 Å². The molecular formula is C16H23ClN2O4S. The predicted octanol–water partition coefficient (Wildman–Crippen LogP) is 2.52. The number of methoxy groups -OCH3 is 1. The molecule has 1 aromatic rings. The molecule has 0 unspecified atom stereocenters. The number of piperidine rings is 1. The van der Waals surface area contributed by atoms with Crippen LogP contribution in [0.1, 0.15) is 26.2 Å². The second kappa shape index (κ2) is 7.61. The van der Waals surface area contributed by atoms with Crippen molar-refractivity contribution in [2.24, 2.45) is 0 Å². The van der Waals surface area contributed by atoms with E-state index in [1.807, 2.05) is 0 Å². The third-order valence-electron chi connectivity index (χ3n) is 4.11. The van der Waals surface area contributed by atoms with Gasteiger partial charge in [0, 0.05) is 18.1 Å². The number of carbonyl (C=O) groups excluding carboxylic acids is 1. The minimum atomic E-state index is -3.70. The fraction of sp³-hybridized carbons (Fsp3) is 0.562. The summed E-state index contributed by atoms with van der Waals surface area (Å²) in [6.07, 6.45) is 4.05. The van der Waals surface area contributed by atoms with Gasteiger partial charge < -0.3 is 9.64 Å². The quantitative estimate of drug-likeness (QED) is 0.794. The molecule has 8 heteroatoms. The summed E-state index contributed by atoms with van der Waals surface area (Å²) >= 11 is 6.03. The number of hydrogen-bond donors (Lipinski definition) is 0. The molecule has 0 radical (unpaired) electrons. The molecule has 1 amide bonds. The molecule has 1 aliphatic rings. The van der Waals surface area contributed by atoms with Crippen molar-refractivity contribution in [2.45, 2.75) is 32.2 Å². The molecule has 1 aliphatic heterocycles. The number of benzene rings is 1. The van der Waals surface area contributed by atoms with Crippen LogP contribution in [0.25, 0.3) is 0 Å². The van der Waals surface area contributed by atoms with E-state index in [9.17, 15) is 13.2 Å². The van der Waals surface area contributed by atoms with E-state index in [2.05, 4.69) is 0 Å². The summed E-state index contributed by atoms with van der Waals surface area (Å²) in [6, 6.07) is 3.84. The van der Waals surface area contributed by atoms with E-state index in [1.54, 1.807) is 24.0 Å². The molecule has 2 rings (SSSR count). The Kier molecular flexibility index (Phi) is 5.98. The normalized spacial score (nSPS) is 16.6. The summed E-state index contributed by atoms with van der Waals surface area (Å²) in [6.45, 7) is 2.92. The Morgan fingerprint density at radius 3 is 2.46 bits per heavy atom. The van der Waals surface area contributed by atoms with Crippen LogP contribution in [0.15, 0.2) is 18.2 Å². The van der Waals surface area contributed by atoms with E-state index < -0.39 is 16.1 Å². The Balaban J connectivity index is 2.42. The molecule has 0 bridgehead atoms. The van der Waals surface area contributed by atoms with Crippen molar-refractivity contribution in [1.82, 2.24) is 4.90 Å². The Morgan fingerprint density at radius 2 is 1.92 bits per heavy atom. The van der Waals surface area contributed by atoms with Gasteiger partial charge in [0.15, 0.2) is 0 Å². The maximum absolute atomic E-state index is 12.8. The van der Waals surface area contributed by atoms with Gasteiger partial charge in [0.25, 0.3) is 0 Å². The first-order valence-electron chi connectivity index (χ1n) is 7.87. The van der Waals surface area contributed by atoms with Crippen LogP contribution in [0.4, 0.5) is 5.69 Å². The molecule has 0 aromatic heterocycles. The number of rotatable bonds is 5. The number of anilines is 1. The van der Waals surface area contributed by atoms with Gasteiger partial charge in [-0.2, -0.15) is 0 Å². The topological polar surface area (TPSA) is 66.9 Å². The summed E-state index contributed by atoms with van der Waals surface area (Å²) < 4.78 is 31.1. The number of nitrogens with zero attached hydrogens (tertiary/aromatic N) is 2. The zero-order chi connectivity index (χ0) is 17.9. The van der Waals surface area contributed by atoms with E-state index in [1.165, 1.54) is 13.2 Å². The van der Waals surface area contributed by atoms with E-state index in [0.29, 0.717) is 23.9 Å². The first-order valence-corrected chi connectivity index (χ1v) is 10.1. The third kappa shape index (κ3) is 4.13. The molecule has 0 aliphatic carbocycles. The van der Waals surface area contributed by atoms with E-state index in [0.717, 1.165) is 29.8 Å². The van der Waals surface area contributed by atoms with Crippen LogP contribution in [0.2, 0.25) is 5.02 Å². The Morgan fingerprint density at radius 1 is 1.29 bits per heavy atom. The lowest BCUT2D eigenvalue weighted by Crippen LogP contribution is -2.50. The van der Waals surface area contributed by atoms with Crippen molar-refractivity contribution in [3.05, 3.63) is 23.2 Å². The van der Waals surface area contributed by atoms with Crippen molar-refractivity contribution in [1.29, 1.82) is 0 Å². The fourth-order valence-electron chi connectivity index (χ4n) is 2.99. The average Bonchev–Trinajstić information content (AvgIpc) is 2.54. The van der Waals surface area contributed by atoms with E-state index >= 15 is 0 Å². The smallest absolute Gasteiger partial charge is 0.246 e. The monoisotopic (exact) mass is 374 g/mol. The Hall–Kier alpha value is -1.47. The molecule has 1 saturated heterocycles. The minimum Gasteiger partial charge on any atom is -0.495 e. The lowest BCUT2D eigenvalue weighted by Gasteiger charge is -2.34. The number of likely N-dealkylation sites (tertiary alicyclic amines) is 1. The van der Waals surface area contributed by atoms with Crippen LogP contribution in [-0.2, 0) is 14.8 Å². The number of hydrogen-bond acceptors (Lipinski definition) is 4. The molecule has 0 saturated carbocycles. The van der Waals surface area contributed by atoms with Crippen LogP contribution in [0, 0.1) is 0 Å². The Bertz CT molecular complexity index is 702. The first-order chi connectivity index (χ1) is 11.3. The number of halogens is 1. The van der Waals surface area contributed by atoms with E-state index in [4.69, 9.17) is 16.3 Å². The maximum atomic E-state index is 12.8. The highest BCUT2D eigenvalue weighted by Crippen LogP contribution is 2.34. The molecule has 1 atom stereocenters. The predicted molar refractivity (Wildman–Crippen MR) is 95.2 cm³/mol. The minimum absolute atomic E-state index is 0.206. The highest BCUT2D eigenvalue weighted by molar-refractivity contribution is 7.92. The van der Waals surface area contributed by atoms with Gasteiger partial charge in [0.2, 0.25) is 15.9 Å². The lowest BCUT2D eigenvalue weighted by molar-refractivity contribution is -0.132. The zero-order valence-corrected chi connectivity index (χ0v) is 15.7. The molecule has 1 aromatic carbocycles. The van der Waals surface area contributed by atoms with Crippen molar-refractivity contribution in [2.75, 3.05) is 30.8 Å². The van der Waals surface area contributed by atoms with Gasteiger partial charge in [-0.05, 0) is 44.4 Å². The number of carbonyl (C=O) groups is 1. The highest BCUT2D eigenvalue weighted by Gasteiger charge is 2.34. The van der Waals surface area contributed by atoms with Gasteiger partial charge in [0.1, 0.15) is 11.8 Å². The number of sulfonamides is 1. The van der Waals surface area contributed by atoms with Gasteiger partial charge >= 0.3 is 0 Å². The third-order valence-corrected chi connectivity index (χ3v) is 5.58. The maximum Gasteiger partial charge on any atom is 0.246 e. The molecule has 0 spiro atoms. The second-order valence-electron chi connectivity index (χ2n) is 5.94. The zero-order valence-electron chi connectivity index (χ0n) is 14.2. The second-order valence-corrected chi connectivity index (χ2v) is 8.23. The molecule has 0 N–H and O–H groups in total. The summed E-state index contributed by atoms with van der Waals surface area (Å²) in [7, 11) is -2.25. The lowest BCUT2D eigenvalue weighted by atomic mass is 10.1. The van der Waals surface area contributed by atoms with Crippen LogP contribution < -0.4 is 9.04 Å². The van der Waals surface area contributed by atoms with Gasteiger partial charge in [-0.15, -0.1) is 0 Å². The summed E-state index contributed by atoms with van der Waals surface area (Å²) in [5.41, 5.74) is 0.269. The fourth-order valence-corrected chi connectivity index (χ4v) is 4.32. The van der Waals surface area contributed by atoms with Gasteiger partial charge in [0.05, 0.1) is 19.1 Å². The molecule has 6 nitrogen and oxygen atoms in total. The van der Waals surface area contributed by atoms with Crippen molar-refractivity contribution in [3.8, 4) is 5.75 Å². The van der Waals surface area contributed by atoms with Crippen molar-refractivity contribution in [3.63, 3.8) is 0 Å². The first kappa shape index (κ1) is 18.9. The van der Waals surface area contributed by atoms with Crippen LogP contribution in [-0.4, -0.2) is 51.7 Å². The summed E-state index contributed by atoms with van der Waals surface area (Å²) in [5.74, 6) is 0.144. The van der Waals surface area contributed by atoms with Crippen molar-refractivity contribution < 1.29 is 17.9 Å². The van der Waals surface area contributed by atoms with Gasteiger partial charge in [-0.1, -0.05) is 11.6 Å². The van der Waals surface area contributed by atoms with Gasteiger partial charge in [-0.3, -0.25) is 9.10 Å². The molecule has 1 heterocycles. The van der Waals surface area contributed by atoms with Crippen LogP contribution >= 0.6 is 11.6 Å². The number of amides is 1. The molecule has 1 fully saturated rings. The van der Waals surface area contributed by atoms with Crippen molar-refractivity contribution >= 4 is 33.2 Å². The van der Waals surface area contributed by atoms with Gasteiger partial charge in [-0.25, -0.2) is 8.42 Å².